The van der Waals surface area contributed by atoms with Crippen molar-refractivity contribution in [2.24, 2.45) is 5.11 Å². The Balaban J connectivity index is 3.38. The summed E-state index contributed by atoms with van der Waals surface area (Å²) in [4.78, 5) is 16.8. The summed E-state index contributed by atoms with van der Waals surface area (Å²) in [5.41, 5.74) is 9.39. The molecule has 60 valence electrons. The molecule has 0 saturated heterocycles. The van der Waals surface area contributed by atoms with Crippen LogP contribution in [0.3, 0.4) is 0 Å². The van der Waals surface area contributed by atoms with E-state index >= 15 is 0 Å². The first-order chi connectivity index (χ1) is 5.79. The van der Waals surface area contributed by atoms with Gasteiger partial charge >= 0.3 is 0 Å². The van der Waals surface area contributed by atoms with Gasteiger partial charge in [0.2, 0.25) is 0 Å². The van der Waals surface area contributed by atoms with Crippen molar-refractivity contribution in [2.75, 3.05) is 0 Å². The molecule has 0 radical (unpaired) electrons. The van der Waals surface area contributed by atoms with Gasteiger partial charge in [-0.1, -0.05) is 5.11 Å². The average Bonchev–Trinajstić information content (AvgIpc) is 2.09. The van der Waals surface area contributed by atoms with Crippen LogP contribution >= 0.6 is 0 Å². The summed E-state index contributed by atoms with van der Waals surface area (Å²) in [6.45, 7) is 1.75. The second-order valence-electron chi connectivity index (χ2n) is 2.17. The third-order valence-corrected chi connectivity index (χ3v) is 1.41. The number of rotatable bonds is 2. The first-order valence-corrected chi connectivity index (χ1v) is 3.25. The Kier molecular flexibility index (Phi) is 2.40. The predicted octanol–water partition coefficient (Wildman–Crippen LogP) is 2.14. The number of hydrogen-bond donors (Lipinski definition) is 0. The van der Waals surface area contributed by atoms with Gasteiger partial charge in [-0.05, 0) is 24.1 Å². The minimum atomic E-state index is 0.174. The van der Waals surface area contributed by atoms with Crippen LogP contribution in [0.4, 0.5) is 5.69 Å². The third-order valence-electron chi connectivity index (χ3n) is 1.41. The van der Waals surface area contributed by atoms with Crippen LogP contribution in [0.25, 0.3) is 10.4 Å². The van der Waals surface area contributed by atoms with Crippen molar-refractivity contribution in [3.8, 4) is 0 Å². The zero-order chi connectivity index (χ0) is 8.97. The predicted molar refractivity (Wildman–Crippen MR) is 43.2 cm³/mol. The number of nitrogens with zero attached hydrogens (tertiary/aromatic N) is 4. The van der Waals surface area contributed by atoms with Crippen LogP contribution in [0, 0.1) is 6.92 Å². The molecule has 0 bridgehead atoms. The normalized spacial score (nSPS) is 8.75. The molecule has 1 aromatic heterocycles. The van der Waals surface area contributed by atoms with Crippen LogP contribution in [-0.4, -0.2) is 11.3 Å². The van der Waals surface area contributed by atoms with Crippen molar-refractivity contribution in [3.05, 3.63) is 34.0 Å². The van der Waals surface area contributed by atoms with Crippen molar-refractivity contribution in [3.63, 3.8) is 0 Å². The molecule has 0 aliphatic heterocycles. The molecule has 1 heterocycles. The minimum absolute atomic E-state index is 0.174. The largest absolute Gasteiger partial charge is 0.296 e. The summed E-state index contributed by atoms with van der Waals surface area (Å²) in [6.07, 6.45) is 2.06. The van der Waals surface area contributed by atoms with Crippen LogP contribution in [0.15, 0.2) is 17.4 Å². The molecule has 0 fully saturated rings. The SMILES string of the molecule is Cc1ccnc(C=O)c1N=[N+]=[N-]. The van der Waals surface area contributed by atoms with E-state index in [9.17, 15) is 4.79 Å². The molecule has 0 atom stereocenters. The molecule has 0 aliphatic carbocycles. The van der Waals surface area contributed by atoms with Crippen molar-refractivity contribution in [2.45, 2.75) is 6.92 Å². The highest BCUT2D eigenvalue weighted by molar-refractivity contribution is 5.81. The first kappa shape index (κ1) is 8.23. The Morgan fingerprint density at radius 2 is 2.50 bits per heavy atom. The Bertz CT molecular complexity index is 354. The van der Waals surface area contributed by atoms with Gasteiger partial charge in [0.05, 0.1) is 5.69 Å². The average molecular weight is 162 g/mol. The lowest BCUT2D eigenvalue weighted by Gasteiger charge is -1.98. The molecule has 5 heteroatoms. The molecule has 1 aromatic rings. The second kappa shape index (κ2) is 3.50. The molecule has 0 spiro atoms. The number of hydrogen-bond acceptors (Lipinski definition) is 3. The smallest absolute Gasteiger partial charge is 0.168 e. The highest BCUT2D eigenvalue weighted by atomic mass is 16.1. The Morgan fingerprint density at radius 3 is 3.08 bits per heavy atom. The summed E-state index contributed by atoms with van der Waals surface area (Å²) in [7, 11) is 0. The lowest BCUT2D eigenvalue weighted by atomic mass is 10.2. The lowest BCUT2D eigenvalue weighted by molar-refractivity contribution is 0.111. The summed E-state index contributed by atoms with van der Waals surface area (Å²) in [6, 6.07) is 1.68. The van der Waals surface area contributed by atoms with E-state index in [0.29, 0.717) is 12.0 Å². The van der Waals surface area contributed by atoms with Gasteiger partial charge in [-0.25, -0.2) is 0 Å². The van der Waals surface area contributed by atoms with Gasteiger partial charge in [-0.2, -0.15) is 0 Å². The number of carbonyl (C=O) groups is 1. The van der Waals surface area contributed by atoms with Gasteiger partial charge in [0.25, 0.3) is 0 Å². The zero-order valence-corrected chi connectivity index (χ0v) is 6.43. The molecule has 0 unspecified atom stereocenters. The summed E-state index contributed by atoms with van der Waals surface area (Å²) >= 11 is 0. The summed E-state index contributed by atoms with van der Waals surface area (Å²) in [5, 5.41) is 3.36. The topological polar surface area (TPSA) is 78.7 Å². The van der Waals surface area contributed by atoms with Crippen LogP contribution in [0.1, 0.15) is 16.1 Å². The van der Waals surface area contributed by atoms with E-state index < -0.39 is 0 Å². The highest BCUT2D eigenvalue weighted by Gasteiger charge is 2.02. The van der Waals surface area contributed by atoms with E-state index in [-0.39, 0.29) is 5.69 Å². The van der Waals surface area contributed by atoms with Crippen LogP contribution in [0.5, 0.6) is 0 Å². The fraction of sp³-hybridized carbons (Fsp3) is 0.143. The van der Waals surface area contributed by atoms with Gasteiger partial charge in [-0.15, -0.1) is 0 Å². The second-order valence-corrected chi connectivity index (χ2v) is 2.17. The monoisotopic (exact) mass is 162 g/mol. The van der Waals surface area contributed by atoms with E-state index in [1.165, 1.54) is 6.20 Å². The van der Waals surface area contributed by atoms with Crippen molar-refractivity contribution >= 4 is 12.0 Å². The molecule has 0 N–H and O–H groups in total. The van der Waals surface area contributed by atoms with E-state index in [2.05, 4.69) is 15.0 Å². The number of carbonyl (C=O) groups excluding carboxylic acids is 1. The third kappa shape index (κ3) is 1.41. The van der Waals surface area contributed by atoms with Gasteiger partial charge in [-0.3, -0.25) is 9.78 Å². The zero-order valence-electron chi connectivity index (χ0n) is 6.43. The van der Waals surface area contributed by atoms with E-state index in [1.807, 2.05) is 0 Å². The molecule has 0 amide bonds. The van der Waals surface area contributed by atoms with E-state index in [0.717, 1.165) is 5.56 Å². The van der Waals surface area contributed by atoms with Crippen molar-refractivity contribution in [1.29, 1.82) is 0 Å². The Labute approximate surface area is 68.7 Å². The van der Waals surface area contributed by atoms with Gasteiger partial charge < -0.3 is 0 Å². The molecule has 1 rings (SSSR count). The number of aromatic nitrogens is 1. The Hall–Kier alpha value is -1.87. The van der Waals surface area contributed by atoms with Crippen molar-refractivity contribution in [1.82, 2.24) is 4.98 Å². The fourth-order valence-electron chi connectivity index (χ4n) is 0.833. The number of azide groups is 1. The summed E-state index contributed by atoms with van der Waals surface area (Å²) in [5.74, 6) is 0. The molecular formula is C7H6N4O. The molecule has 0 saturated carbocycles. The van der Waals surface area contributed by atoms with E-state index in [1.54, 1.807) is 13.0 Å². The van der Waals surface area contributed by atoms with Gasteiger partial charge in [0.1, 0.15) is 5.69 Å². The molecule has 0 aromatic carbocycles. The summed E-state index contributed by atoms with van der Waals surface area (Å²) < 4.78 is 0. The molecule has 12 heavy (non-hydrogen) atoms. The standard InChI is InChI=1S/C7H6N4O/c1-5-2-3-9-6(4-12)7(5)10-11-8/h2-4H,1H3. The quantitative estimate of drug-likeness (QED) is 0.289. The maximum atomic E-state index is 10.4. The maximum Gasteiger partial charge on any atom is 0.168 e. The minimum Gasteiger partial charge on any atom is -0.296 e. The lowest BCUT2D eigenvalue weighted by Crippen LogP contribution is -1.88. The Morgan fingerprint density at radius 1 is 1.75 bits per heavy atom. The number of aryl methyl sites for hydroxylation is 1. The molecule has 0 aliphatic rings. The van der Waals surface area contributed by atoms with Crippen LogP contribution in [0.2, 0.25) is 0 Å². The molecular weight excluding hydrogens is 156 g/mol. The number of aldehydes is 1. The van der Waals surface area contributed by atoms with E-state index in [4.69, 9.17) is 5.53 Å². The highest BCUT2D eigenvalue weighted by Crippen LogP contribution is 2.20. The fourth-order valence-corrected chi connectivity index (χ4v) is 0.833. The molecule has 5 nitrogen and oxygen atoms in total. The van der Waals surface area contributed by atoms with Crippen LogP contribution < -0.4 is 0 Å². The number of pyridine rings is 1. The van der Waals surface area contributed by atoms with Crippen molar-refractivity contribution < 1.29 is 4.79 Å². The van der Waals surface area contributed by atoms with Gasteiger partial charge in [0, 0.05) is 11.1 Å². The van der Waals surface area contributed by atoms with Crippen LogP contribution in [-0.2, 0) is 0 Å². The first-order valence-electron chi connectivity index (χ1n) is 3.25. The maximum absolute atomic E-state index is 10.4. The van der Waals surface area contributed by atoms with Gasteiger partial charge in [0.15, 0.2) is 6.29 Å².